The summed E-state index contributed by atoms with van der Waals surface area (Å²) in [4.78, 5) is -0.117. The molecule has 3 rings (SSSR count). The van der Waals surface area contributed by atoms with Gasteiger partial charge >= 0.3 is 0 Å². The number of benzene rings is 1. The van der Waals surface area contributed by atoms with Gasteiger partial charge in [0.2, 0.25) is 21.8 Å². The molecule has 1 unspecified atom stereocenters. The second-order valence-electron chi connectivity index (χ2n) is 5.83. The SMILES string of the molecule is CCOc1ccc(S(=O)(=O)N2CCC(Oc3ccc(OC)nn3)C2)cc1F. The maximum atomic E-state index is 14.0. The summed E-state index contributed by atoms with van der Waals surface area (Å²) in [6.45, 7) is 2.43. The van der Waals surface area contributed by atoms with Crippen molar-refractivity contribution in [3.63, 3.8) is 0 Å². The van der Waals surface area contributed by atoms with Gasteiger partial charge in [0.25, 0.3) is 0 Å². The quantitative estimate of drug-likeness (QED) is 0.704. The Hall–Kier alpha value is -2.46. The Morgan fingerprint density at radius 1 is 1.22 bits per heavy atom. The van der Waals surface area contributed by atoms with Crippen LogP contribution in [-0.2, 0) is 10.0 Å². The van der Waals surface area contributed by atoms with Gasteiger partial charge < -0.3 is 14.2 Å². The van der Waals surface area contributed by atoms with Gasteiger partial charge in [-0.25, -0.2) is 12.8 Å². The lowest BCUT2D eigenvalue weighted by Gasteiger charge is -2.17. The van der Waals surface area contributed by atoms with Crippen LogP contribution in [0.25, 0.3) is 0 Å². The Kier molecular flexibility index (Phi) is 5.76. The number of methoxy groups -OCH3 is 1. The average Bonchev–Trinajstić information content (AvgIpc) is 3.13. The smallest absolute Gasteiger partial charge is 0.243 e. The Bertz CT molecular complexity index is 892. The van der Waals surface area contributed by atoms with Gasteiger partial charge in [0, 0.05) is 18.7 Å². The molecule has 1 aliphatic heterocycles. The molecule has 2 aromatic rings. The molecule has 0 radical (unpaired) electrons. The summed E-state index contributed by atoms with van der Waals surface area (Å²) in [6.07, 6.45) is 0.127. The van der Waals surface area contributed by atoms with Crippen molar-refractivity contribution in [3.8, 4) is 17.5 Å². The van der Waals surface area contributed by atoms with Crippen molar-refractivity contribution in [3.05, 3.63) is 36.1 Å². The third kappa shape index (κ3) is 4.28. The van der Waals surface area contributed by atoms with Crippen molar-refractivity contribution >= 4 is 10.0 Å². The van der Waals surface area contributed by atoms with E-state index in [0.29, 0.717) is 18.9 Å². The highest BCUT2D eigenvalue weighted by molar-refractivity contribution is 7.89. The molecule has 1 atom stereocenters. The van der Waals surface area contributed by atoms with Gasteiger partial charge in [-0.1, -0.05) is 0 Å². The molecule has 146 valence electrons. The third-order valence-corrected chi connectivity index (χ3v) is 5.92. The molecular formula is C17H20FN3O5S. The van der Waals surface area contributed by atoms with E-state index in [0.717, 1.165) is 6.07 Å². The first-order valence-corrected chi connectivity index (χ1v) is 9.85. The molecule has 8 nitrogen and oxygen atoms in total. The third-order valence-electron chi connectivity index (χ3n) is 4.06. The standard InChI is InChI=1S/C17H20FN3O5S/c1-3-25-15-5-4-13(10-14(15)18)27(22,23)21-9-8-12(11-21)26-17-7-6-16(24-2)19-20-17/h4-7,10,12H,3,8-9,11H2,1-2H3. The molecule has 0 aliphatic carbocycles. The van der Waals surface area contributed by atoms with Gasteiger partial charge in [0.15, 0.2) is 11.6 Å². The van der Waals surface area contributed by atoms with E-state index in [1.807, 2.05) is 0 Å². The van der Waals surface area contributed by atoms with E-state index in [9.17, 15) is 12.8 Å². The van der Waals surface area contributed by atoms with Crippen LogP contribution in [0.3, 0.4) is 0 Å². The fraction of sp³-hybridized carbons (Fsp3) is 0.412. The number of ether oxygens (including phenoxy) is 3. The highest BCUT2D eigenvalue weighted by Crippen LogP contribution is 2.27. The van der Waals surface area contributed by atoms with Gasteiger partial charge in [-0.3, -0.25) is 0 Å². The topological polar surface area (TPSA) is 90.9 Å². The lowest BCUT2D eigenvalue weighted by atomic mass is 10.3. The predicted octanol–water partition coefficient (Wildman–Crippen LogP) is 1.86. The maximum absolute atomic E-state index is 14.0. The molecule has 0 amide bonds. The predicted molar refractivity (Wildman–Crippen MR) is 93.9 cm³/mol. The van der Waals surface area contributed by atoms with E-state index >= 15 is 0 Å². The van der Waals surface area contributed by atoms with Gasteiger partial charge in [-0.15, -0.1) is 10.2 Å². The zero-order valence-electron chi connectivity index (χ0n) is 15.0. The van der Waals surface area contributed by atoms with Crippen LogP contribution in [0.5, 0.6) is 17.5 Å². The van der Waals surface area contributed by atoms with Gasteiger partial charge in [0.05, 0.1) is 25.2 Å². The molecule has 10 heteroatoms. The lowest BCUT2D eigenvalue weighted by molar-refractivity contribution is 0.203. The van der Waals surface area contributed by atoms with E-state index < -0.39 is 15.8 Å². The first-order chi connectivity index (χ1) is 12.9. The van der Waals surface area contributed by atoms with Crippen molar-refractivity contribution < 1.29 is 27.0 Å². The molecule has 1 aromatic carbocycles. The molecule has 1 aliphatic rings. The molecule has 1 fully saturated rings. The second-order valence-corrected chi connectivity index (χ2v) is 7.77. The summed E-state index contributed by atoms with van der Waals surface area (Å²) in [5, 5.41) is 7.67. The first kappa shape index (κ1) is 19.3. The number of sulfonamides is 1. The van der Waals surface area contributed by atoms with Crippen LogP contribution in [0, 0.1) is 5.82 Å². The summed E-state index contributed by atoms with van der Waals surface area (Å²) >= 11 is 0. The Morgan fingerprint density at radius 3 is 2.59 bits per heavy atom. The minimum atomic E-state index is -3.83. The van der Waals surface area contributed by atoms with Gasteiger partial charge in [0.1, 0.15) is 6.10 Å². The monoisotopic (exact) mass is 397 g/mol. The maximum Gasteiger partial charge on any atom is 0.243 e. The Morgan fingerprint density at radius 2 is 1.96 bits per heavy atom. The van der Waals surface area contributed by atoms with E-state index in [1.165, 1.54) is 23.5 Å². The molecule has 1 saturated heterocycles. The minimum Gasteiger partial charge on any atom is -0.491 e. The number of hydrogen-bond acceptors (Lipinski definition) is 7. The van der Waals surface area contributed by atoms with Gasteiger partial charge in [-0.2, -0.15) is 4.31 Å². The Balaban J connectivity index is 1.68. The summed E-state index contributed by atoms with van der Waals surface area (Å²) < 4.78 is 56.5. The largest absolute Gasteiger partial charge is 0.491 e. The summed E-state index contributed by atoms with van der Waals surface area (Å²) in [5.74, 6) is -0.0433. The van der Waals surface area contributed by atoms with Crippen LogP contribution in [0.2, 0.25) is 0 Å². The molecule has 27 heavy (non-hydrogen) atoms. The van der Waals surface area contributed by atoms with Crippen molar-refractivity contribution in [2.24, 2.45) is 0 Å². The average molecular weight is 397 g/mol. The van der Waals surface area contributed by atoms with Crippen molar-refractivity contribution in [2.45, 2.75) is 24.3 Å². The van der Waals surface area contributed by atoms with Crippen LogP contribution >= 0.6 is 0 Å². The van der Waals surface area contributed by atoms with Crippen LogP contribution < -0.4 is 14.2 Å². The van der Waals surface area contributed by atoms with Crippen molar-refractivity contribution in [1.29, 1.82) is 0 Å². The highest BCUT2D eigenvalue weighted by Gasteiger charge is 2.34. The molecule has 0 spiro atoms. The number of rotatable bonds is 7. The van der Waals surface area contributed by atoms with Crippen molar-refractivity contribution in [1.82, 2.24) is 14.5 Å². The zero-order valence-corrected chi connectivity index (χ0v) is 15.8. The fourth-order valence-corrected chi connectivity index (χ4v) is 4.22. The van der Waals surface area contributed by atoms with Crippen LogP contribution in [0.15, 0.2) is 35.2 Å². The normalized spacial score (nSPS) is 17.7. The van der Waals surface area contributed by atoms with Crippen molar-refractivity contribution in [2.75, 3.05) is 26.8 Å². The van der Waals surface area contributed by atoms with Crippen LogP contribution in [-0.4, -0.2) is 55.8 Å². The molecular weight excluding hydrogens is 377 g/mol. The first-order valence-electron chi connectivity index (χ1n) is 8.41. The Labute approximate surface area is 156 Å². The van der Waals surface area contributed by atoms with Crippen LogP contribution in [0.4, 0.5) is 4.39 Å². The minimum absolute atomic E-state index is 0.0251. The van der Waals surface area contributed by atoms with E-state index in [2.05, 4.69) is 10.2 Å². The highest BCUT2D eigenvalue weighted by atomic mass is 32.2. The number of aromatic nitrogens is 2. The van der Waals surface area contributed by atoms with E-state index in [1.54, 1.807) is 19.1 Å². The van der Waals surface area contributed by atoms with Crippen LogP contribution in [0.1, 0.15) is 13.3 Å². The second kappa shape index (κ2) is 8.05. The molecule has 0 bridgehead atoms. The summed E-state index contributed by atoms with van der Waals surface area (Å²) in [5.41, 5.74) is 0. The number of halogens is 1. The molecule has 2 heterocycles. The molecule has 0 saturated carbocycles. The van der Waals surface area contributed by atoms with E-state index in [-0.39, 0.29) is 35.7 Å². The summed E-state index contributed by atoms with van der Waals surface area (Å²) in [6, 6.07) is 6.85. The number of hydrogen-bond donors (Lipinski definition) is 0. The molecule has 0 N–H and O–H groups in total. The van der Waals surface area contributed by atoms with Gasteiger partial charge in [-0.05, 0) is 31.5 Å². The zero-order chi connectivity index (χ0) is 19.4. The fourth-order valence-electron chi connectivity index (χ4n) is 2.73. The van der Waals surface area contributed by atoms with E-state index in [4.69, 9.17) is 14.2 Å². The summed E-state index contributed by atoms with van der Waals surface area (Å²) in [7, 11) is -2.35. The molecule has 1 aromatic heterocycles. The lowest BCUT2D eigenvalue weighted by Crippen LogP contribution is -2.31. The number of nitrogens with zero attached hydrogens (tertiary/aromatic N) is 3.